The van der Waals surface area contributed by atoms with Gasteiger partial charge >= 0.3 is 6.18 Å². The molecule has 0 atom stereocenters. The molecule has 19 heteroatoms. The highest BCUT2D eigenvalue weighted by Gasteiger charge is 2.33. The van der Waals surface area contributed by atoms with Crippen molar-refractivity contribution >= 4 is 62.4 Å². The summed E-state index contributed by atoms with van der Waals surface area (Å²) >= 11 is 6.15. The van der Waals surface area contributed by atoms with Gasteiger partial charge in [-0.2, -0.15) is 22.7 Å². The predicted octanol–water partition coefficient (Wildman–Crippen LogP) is 5.15. The van der Waals surface area contributed by atoms with Gasteiger partial charge in [0.2, 0.25) is 11.7 Å². The van der Waals surface area contributed by atoms with E-state index in [2.05, 4.69) is 15.1 Å². The first-order valence-corrected chi connectivity index (χ1v) is 19.4. The second-order valence-corrected chi connectivity index (χ2v) is 15.4. The van der Waals surface area contributed by atoms with Gasteiger partial charge in [-0.15, -0.1) is 5.10 Å². The van der Waals surface area contributed by atoms with E-state index in [9.17, 15) is 36.0 Å². The van der Waals surface area contributed by atoms with E-state index in [1.165, 1.54) is 6.08 Å². The van der Waals surface area contributed by atoms with Crippen molar-refractivity contribution < 1.29 is 35.9 Å². The summed E-state index contributed by atoms with van der Waals surface area (Å²) in [6, 6.07) is 13.1. The molecule has 290 valence electrons. The number of hydrogen-bond acceptors (Lipinski definition) is 9. The number of halogens is 4. The lowest BCUT2D eigenvalue weighted by atomic mass is 10.1. The summed E-state index contributed by atoms with van der Waals surface area (Å²) in [5, 5.41) is 7.90. The number of alkyl halides is 3. The number of aromatic nitrogens is 4. The average Bonchev–Trinajstić information content (AvgIpc) is 3.83. The van der Waals surface area contributed by atoms with E-state index < -0.39 is 39.8 Å². The number of ether oxygens (including phenoxy) is 1. The molecular formula is C37H32ClF3N8O6S. The van der Waals surface area contributed by atoms with Crippen LogP contribution < -0.4 is 20.5 Å². The molecule has 2 amide bonds. The number of anilines is 3. The molecule has 1 saturated heterocycles. The number of sulfonamides is 1. The lowest BCUT2D eigenvalue weighted by molar-refractivity contribution is -0.137. The molecule has 5 heterocycles. The molecule has 0 unspecified atom stereocenters. The lowest BCUT2D eigenvalue weighted by Crippen LogP contribution is -2.51. The van der Waals surface area contributed by atoms with E-state index in [0.29, 0.717) is 30.0 Å². The minimum absolute atomic E-state index is 0.0354. The number of nitrogens with zero attached hydrogens (tertiary/aromatic N) is 6. The first kappa shape index (κ1) is 37.2. The van der Waals surface area contributed by atoms with Crippen LogP contribution in [0, 0.1) is 0 Å². The third kappa shape index (κ3) is 6.88. The summed E-state index contributed by atoms with van der Waals surface area (Å²) < 4.78 is 75.1. The number of amides is 2. The Morgan fingerprint density at radius 2 is 1.79 bits per heavy atom. The van der Waals surface area contributed by atoms with Crippen molar-refractivity contribution in [2.24, 2.45) is 0 Å². The van der Waals surface area contributed by atoms with E-state index in [-0.39, 0.29) is 77.8 Å². The summed E-state index contributed by atoms with van der Waals surface area (Å²) in [6.07, 6.45) is -2.94. The lowest BCUT2D eigenvalue weighted by Gasteiger charge is -2.37. The SMILES string of the molecule is CCc1c(N2CCN(C(=O)c3cccc4c3NS(=O)(=O)C=C4)CC2)c(=O)n2nc(-c3ccc4c(c3)COC4)nc2n1CC(=O)Nc1ccc(C(F)(F)F)cc1Cl. The van der Waals surface area contributed by atoms with Crippen LogP contribution in [0.5, 0.6) is 0 Å². The Hall–Kier alpha value is -5.72. The second-order valence-electron chi connectivity index (χ2n) is 13.4. The number of rotatable bonds is 7. The van der Waals surface area contributed by atoms with Crippen LogP contribution in [0.15, 0.2) is 64.8 Å². The van der Waals surface area contributed by atoms with E-state index in [4.69, 9.17) is 21.3 Å². The number of carbonyl (C=O) groups excluding carboxylic acids is 2. The zero-order chi connectivity index (χ0) is 39.5. The molecule has 5 aromatic rings. The van der Waals surface area contributed by atoms with Crippen molar-refractivity contribution in [3.05, 3.63) is 109 Å². The van der Waals surface area contributed by atoms with Crippen LogP contribution in [0.1, 0.15) is 45.2 Å². The van der Waals surface area contributed by atoms with Gasteiger partial charge in [0, 0.05) is 37.3 Å². The molecule has 0 bridgehead atoms. The van der Waals surface area contributed by atoms with E-state index in [1.807, 2.05) is 30.0 Å². The number of benzene rings is 3. The maximum atomic E-state index is 14.4. The number of fused-ring (bicyclic) bond motifs is 3. The Balaban J connectivity index is 1.14. The molecule has 0 spiro atoms. The van der Waals surface area contributed by atoms with Crippen LogP contribution in [0.2, 0.25) is 5.02 Å². The minimum Gasteiger partial charge on any atom is -0.372 e. The molecule has 2 aromatic heterocycles. The fraction of sp³-hybridized carbons (Fsp3) is 0.270. The Kier molecular flexibility index (Phi) is 9.37. The van der Waals surface area contributed by atoms with Crippen LogP contribution in [-0.2, 0) is 51.9 Å². The Labute approximate surface area is 322 Å². The first-order chi connectivity index (χ1) is 26.7. The highest BCUT2D eigenvalue weighted by Crippen LogP contribution is 2.34. The number of hydrogen-bond donors (Lipinski definition) is 2. The van der Waals surface area contributed by atoms with Crippen molar-refractivity contribution in [3.8, 4) is 11.4 Å². The Morgan fingerprint density at radius 1 is 1.02 bits per heavy atom. The molecule has 1 fully saturated rings. The minimum atomic E-state index is -4.63. The smallest absolute Gasteiger partial charge is 0.372 e. The highest BCUT2D eigenvalue weighted by atomic mass is 35.5. The summed E-state index contributed by atoms with van der Waals surface area (Å²) in [4.78, 5) is 49.9. The Bertz CT molecular complexity index is 2650. The van der Waals surface area contributed by atoms with Crippen LogP contribution >= 0.6 is 11.6 Å². The molecule has 3 aromatic carbocycles. The highest BCUT2D eigenvalue weighted by molar-refractivity contribution is 7.95. The summed E-state index contributed by atoms with van der Waals surface area (Å²) in [7, 11) is -3.76. The third-order valence-corrected chi connectivity index (χ3v) is 11.2. The third-order valence-electron chi connectivity index (χ3n) is 9.89. The zero-order valence-corrected chi connectivity index (χ0v) is 31.1. The summed E-state index contributed by atoms with van der Waals surface area (Å²) in [5.41, 5.74) is 2.71. The fourth-order valence-corrected chi connectivity index (χ4v) is 8.27. The number of nitrogens with one attached hydrogen (secondary N) is 2. The normalized spacial score (nSPS) is 16.1. The summed E-state index contributed by atoms with van der Waals surface area (Å²) in [5.74, 6) is -0.746. The van der Waals surface area contributed by atoms with Gasteiger partial charge in [0.1, 0.15) is 12.2 Å². The topological polar surface area (TPSA) is 160 Å². The molecule has 0 radical (unpaired) electrons. The van der Waals surface area contributed by atoms with E-state index >= 15 is 0 Å². The molecule has 56 heavy (non-hydrogen) atoms. The van der Waals surface area contributed by atoms with Gasteiger partial charge in [-0.25, -0.2) is 8.42 Å². The monoisotopic (exact) mass is 808 g/mol. The Morgan fingerprint density at radius 3 is 2.52 bits per heavy atom. The van der Waals surface area contributed by atoms with Gasteiger partial charge in [-0.1, -0.05) is 42.8 Å². The van der Waals surface area contributed by atoms with Crippen molar-refractivity contribution in [2.75, 3.05) is 41.1 Å². The zero-order valence-electron chi connectivity index (χ0n) is 29.6. The van der Waals surface area contributed by atoms with Crippen LogP contribution in [0.3, 0.4) is 0 Å². The first-order valence-electron chi connectivity index (χ1n) is 17.5. The number of para-hydroxylation sites is 1. The van der Waals surface area contributed by atoms with Crippen molar-refractivity contribution in [2.45, 2.75) is 39.3 Å². The van der Waals surface area contributed by atoms with Gasteiger partial charge in [0.15, 0.2) is 5.82 Å². The molecule has 8 rings (SSSR count). The van der Waals surface area contributed by atoms with E-state index in [1.54, 1.807) is 27.7 Å². The van der Waals surface area contributed by atoms with Gasteiger partial charge in [0.05, 0.1) is 51.8 Å². The fourth-order valence-electron chi connectivity index (χ4n) is 7.13. The molecule has 0 aliphatic carbocycles. The maximum Gasteiger partial charge on any atom is 0.416 e. The second kappa shape index (κ2) is 14.1. The molecule has 3 aliphatic heterocycles. The quantitative estimate of drug-likeness (QED) is 0.227. The average molecular weight is 809 g/mol. The summed E-state index contributed by atoms with van der Waals surface area (Å²) in [6.45, 7) is 3.06. The van der Waals surface area contributed by atoms with E-state index in [0.717, 1.165) is 39.2 Å². The van der Waals surface area contributed by atoms with Crippen LogP contribution in [-0.4, -0.2) is 70.5 Å². The van der Waals surface area contributed by atoms with Gasteiger partial charge in [-0.05, 0) is 54.0 Å². The molecule has 14 nitrogen and oxygen atoms in total. The van der Waals surface area contributed by atoms with Crippen molar-refractivity contribution in [1.29, 1.82) is 0 Å². The van der Waals surface area contributed by atoms with Gasteiger partial charge in [-0.3, -0.25) is 19.1 Å². The van der Waals surface area contributed by atoms with Crippen LogP contribution in [0.4, 0.5) is 30.2 Å². The molecule has 3 aliphatic rings. The number of carbonyl (C=O) groups is 2. The largest absolute Gasteiger partial charge is 0.416 e. The predicted molar refractivity (Wildman–Crippen MR) is 202 cm³/mol. The standard InChI is InChI=1S/C37H32ClF3N8O6S/c1-2-29-32(46-11-13-47(14-12-46)34(51)26-5-3-4-21-10-15-56(53,54)45-31(21)26)35(52)49-36(43-33(44-49)22-6-7-23-19-55-20-24(23)16-22)48(29)18-30(50)42-28-9-8-25(17-27(28)38)37(39,40)41/h3-10,15-17,45H,2,11-14,18-20H2,1H3,(H,42,50). The molecule has 0 saturated carbocycles. The maximum absolute atomic E-state index is 14.4. The number of piperazine rings is 1. The molecule has 2 N–H and O–H groups in total. The van der Waals surface area contributed by atoms with Crippen molar-refractivity contribution in [3.63, 3.8) is 0 Å². The molecular weight excluding hydrogens is 777 g/mol. The van der Waals surface area contributed by atoms with Gasteiger partial charge < -0.3 is 24.4 Å². The van der Waals surface area contributed by atoms with Crippen molar-refractivity contribution in [1.82, 2.24) is 24.1 Å². The van der Waals surface area contributed by atoms with Crippen LogP contribution in [0.25, 0.3) is 23.2 Å². The van der Waals surface area contributed by atoms with Gasteiger partial charge in [0.25, 0.3) is 21.5 Å².